The number of ether oxygens (including phenoxy) is 1. The highest BCUT2D eigenvalue weighted by molar-refractivity contribution is 7.92. The maximum Gasteiger partial charge on any atom is 0.271 e. The molecule has 0 saturated heterocycles. The van der Waals surface area contributed by atoms with Crippen LogP contribution in [0, 0.1) is 10.1 Å². The largest absolute Gasteiger partial charge is 0.495 e. The minimum Gasteiger partial charge on any atom is -0.495 e. The number of nitrogens with one attached hydrogen (secondary N) is 1. The van der Waals surface area contributed by atoms with E-state index in [1.54, 1.807) is 19.1 Å². The third kappa shape index (κ3) is 6.17. The number of rotatable bonds is 9. The summed E-state index contributed by atoms with van der Waals surface area (Å²) in [6.07, 6.45) is 1.95. The Morgan fingerprint density at radius 1 is 1.12 bits per heavy atom. The highest BCUT2D eigenvalue weighted by Crippen LogP contribution is 2.33. The molecular formula is C19H23N3O8S2. The number of benzene rings is 2. The number of sulfonamides is 1. The van der Waals surface area contributed by atoms with Crippen molar-refractivity contribution in [3.63, 3.8) is 0 Å². The van der Waals surface area contributed by atoms with E-state index in [1.807, 2.05) is 0 Å². The molecular weight excluding hydrogens is 462 g/mol. The second kappa shape index (κ2) is 9.53. The summed E-state index contributed by atoms with van der Waals surface area (Å²) in [6, 6.07) is 8.75. The first kappa shape index (κ1) is 25.1. The van der Waals surface area contributed by atoms with E-state index in [2.05, 4.69) is 5.32 Å². The van der Waals surface area contributed by atoms with Crippen LogP contribution < -0.4 is 14.4 Å². The molecule has 0 unspecified atom stereocenters. The number of carbonyl (C=O) groups excluding carboxylic acids is 1. The highest BCUT2D eigenvalue weighted by Gasteiger charge is 2.26. The van der Waals surface area contributed by atoms with Gasteiger partial charge in [-0.25, -0.2) is 16.8 Å². The molecule has 0 heterocycles. The number of carbonyl (C=O) groups is 1. The minimum absolute atomic E-state index is 0.0400. The number of nitro groups is 1. The van der Waals surface area contributed by atoms with Crippen molar-refractivity contribution in [1.29, 1.82) is 0 Å². The summed E-state index contributed by atoms with van der Waals surface area (Å²) in [5, 5.41) is 13.7. The number of nitro benzene ring substituents is 1. The summed E-state index contributed by atoms with van der Waals surface area (Å²) in [5.74, 6) is -0.637. The van der Waals surface area contributed by atoms with E-state index in [4.69, 9.17) is 4.74 Å². The molecule has 0 radical (unpaired) electrons. The van der Waals surface area contributed by atoms with Crippen molar-refractivity contribution in [1.82, 2.24) is 5.32 Å². The summed E-state index contributed by atoms with van der Waals surface area (Å²) in [5.41, 5.74) is 0.0864. The molecule has 1 N–H and O–H groups in total. The van der Waals surface area contributed by atoms with Gasteiger partial charge in [0.2, 0.25) is 15.9 Å². The molecule has 0 bridgehead atoms. The molecule has 32 heavy (non-hydrogen) atoms. The second-order valence-corrected chi connectivity index (χ2v) is 10.9. The first-order chi connectivity index (χ1) is 14.7. The maximum absolute atomic E-state index is 12.6. The number of amides is 1. The topological polar surface area (TPSA) is 153 Å². The Morgan fingerprint density at radius 2 is 1.72 bits per heavy atom. The lowest BCUT2D eigenvalue weighted by Gasteiger charge is -2.24. The van der Waals surface area contributed by atoms with Crippen molar-refractivity contribution in [3.8, 4) is 5.75 Å². The molecule has 0 aliphatic rings. The van der Waals surface area contributed by atoms with Gasteiger partial charge < -0.3 is 10.1 Å². The summed E-state index contributed by atoms with van der Waals surface area (Å²) in [4.78, 5) is 23.2. The third-order valence-electron chi connectivity index (χ3n) is 4.52. The number of methoxy groups -OCH3 is 1. The van der Waals surface area contributed by atoms with Crippen molar-refractivity contribution in [2.24, 2.45) is 0 Å². The Labute approximate surface area is 186 Å². The van der Waals surface area contributed by atoms with Crippen LogP contribution in [0.5, 0.6) is 5.75 Å². The summed E-state index contributed by atoms with van der Waals surface area (Å²) < 4.78 is 53.7. The Balaban J connectivity index is 2.28. The first-order valence-electron chi connectivity index (χ1n) is 9.13. The van der Waals surface area contributed by atoms with Crippen LogP contribution >= 0.6 is 0 Å². The Hall–Kier alpha value is -3.19. The molecule has 1 amide bonds. The predicted molar refractivity (Wildman–Crippen MR) is 118 cm³/mol. The van der Waals surface area contributed by atoms with Crippen LogP contribution in [0.25, 0.3) is 0 Å². The fraction of sp³-hybridized carbons (Fsp3) is 0.316. The van der Waals surface area contributed by atoms with Crippen molar-refractivity contribution in [3.05, 3.63) is 58.1 Å². The van der Waals surface area contributed by atoms with Crippen LogP contribution in [-0.4, -0.2) is 53.8 Å². The Bertz CT molecular complexity index is 1230. The van der Waals surface area contributed by atoms with E-state index < -0.39 is 43.3 Å². The van der Waals surface area contributed by atoms with Crippen molar-refractivity contribution in [2.75, 3.05) is 30.5 Å². The Kier molecular flexibility index (Phi) is 7.46. The van der Waals surface area contributed by atoms with Gasteiger partial charge in [-0.15, -0.1) is 0 Å². The minimum atomic E-state index is -4.01. The van der Waals surface area contributed by atoms with Crippen LogP contribution in [-0.2, 0) is 24.7 Å². The van der Waals surface area contributed by atoms with E-state index >= 15 is 0 Å². The van der Waals surface area contributed by atoms with Gasteiger partial charge in [0, 0.05) is 18.4 Å². The molecule has 2 rings (SSSR count). The Morgan fingerprint density at radius 3 is 2.19 bits per heavy atom. The van der Waals surface area contributed by atoms with Crippen molar-refractivity contribution in [2.45, 2.75) is 17.9 Å². The van der Waals surface area contributed by atoms with E-state index in [0.717, 1.165) is 24.6 Å². The highest BCUT2D eigenvalue weighted by atomic mass is 32.2. The van der Waals surface area contributed by atoms with Crippen LogP contribution in [0.15, 0.2) is 47.4 Å². The van der Waals surface area contributed by atoms with Gasteiger partial charge in [0.15, 0.2) is 9.84 Å². The van der Waals surface area contributed by atoms with E-state index in [9.17, 15) is 31.7 Å². The lowest BCUT2D eigenvalue weighted by Crippen LogP contribution is -2.41. The number of anilines is 1. The molecule has 174 valence electrons. The van der Waals surface area contributed by atoms with Gasteiger partial charge in [-0.2, -0.15) is 0 Å². The quantitative estimate of drug-likeness (QED) is 0.415. The number of sulfone groups is 1. The number of non-ortho nitro benzene ring substituents is 1. The van der Waals surface area contributed by atoms with Gasteiger partial charge in [0.25, 0.3) is 5.69 Å². The molecule has 0 aliphatic carbocycles. The van der Waals surface area contributed by atoms with E-state index in [0.29, 0.717) is 9.87 Å². The molecule has 0 fully saturated rings. The van der Waals surface area contributed by atoms with Crippen molar-refractivity contribution >= 4 is 37.1 Å². The lowest BCUT2D eigenvalue weighted by molar-refractivity contribution is -0.384. The lowest BCUT2D eigenvalue weighted by atomic mass is 10.1. The molecule has 13 heteroatoms. The zero-order valence-electron chi connectivity index (χ0n) is 17.8. The van der Waals surface area contributed by atoms with Crippen LogP contribution in [0.3, 0.4) is 0 Å². The number of hydrogen-bond donors (Lipinski definition) is 1. The van der Waals surface area contributed by atoms with Crippen LogP contribution in [0.1, 0.15) is 18.5 Å². The monoisotopic (exact) mass is 485 g/mol. The molecule has 2 aromatic rings. The normalized spacial score (nSPS) is 12.6. The van der Waals surface area contributed by atoms with Gasteiger partial charge >= 0.3 is 0 Å². The number of hydrogen-bond acceptors (Lipinski definition) is 8. The van der Waals surface area contributed by atoms with Crippen molar-refractivity contribution < 1.29 is 31.3 Å². The SMILES string of the molecule is COc1ccc([N+](=O)[O-])cc1N(CC(=O)N[C@H](C)c1ccc(S(C)(=O)=O)cc1)S(C)(=O)=O. The molecule has 1 atom stereocenters. The zero-order chi connectivity index (χ0) is 24.3. The summed E-state index contributed by atoms with van der Waals surface area (Å²) in [6.45, 7) is 0.994. The van der Waals surface area contributed by atoms with Gasteiger partial charge in [0.1, 0.15) is 18.0 Å². The summed E-state index contributed by atoms with van der Waals surface area (Å²) >= 11 is 0. The van der Waals surface area contributed by atoms with Crippen LogP contribution in [0.4, 0.5) is 11.4 Å². The molecule has 2 aromatic carbocycles. The fourth-order valence-corrected chi connectivity index (χ4v) is 4.35. The average Bonchev–Trinajstić information content (AvgIpc) is 2.70. The molecule has 0 aliphatic heterocycles. The second-order valence-electron chi connectivity index (χ2n) is 7.01. The van der Waals surface area contributed by atoms with Gasteiger partial charge in [-0.3, -0.25) is 19.2 Å². The maximum atomic E-state index is 12.6. The average molecular weight is 486 g/mol. The standard InChI is InChI=1S/C19H23N3O8S2/c1-13(14-5-8-16(9-6-14)31(3,26)27)20-19(23)12-21(32(4,28)29)17-11-15(22(24)25)7-10-18(17)30-2/h5-11,13H,12H2,1-4H3,(H,20,23)/t13-/m1/s1. The van der Waals surface area contributed by atoms with Gasteiger partial charge in [0.05, 0.1) is 29.2 Å². The molecule has 11 nitrogen and oxygen atoms in total. The fourth-order valence-electron chi connectivity index (χ4n) is 2.87. The number of nitrogens with zero attached hydrogens (tertiary/aromatic N) is 2. The smallest absolute Gasteiger partial charge is 0.271 e. The molecule has 0 saturated carbocycles. The predicted octanol–water partition coefficient (Wildman–Crippen LogP) is 1.65. The van der Waals surface area contributed by atoms with E-state index in [-0.39, 0.29) is 22.0 Å². The van der Waals surface area contributed by atoms with Crippen LogP contribution in [0.2, 0.25) is 0 Å². The third-order valence-corrected chi connectivity index (χ3v) is 6.77. The van der Waals surface area contributed by atoms with E-state index in [1.165, 1.54) is 25.3 Å². The van der Waals surface area contributed by atoms with Gasteiger partial charge in [-0.05, 0) is 30.7 Å². The summed E-state index contributed by atoms with van der Waals surface area (Å²) in [7, 11) is -6.10. The molecule has 0 spiro atoms. The molecule has 0 aromatic heterocycles. The van der Waals surface area contributed by atoms with Gasteiger partial charge in [-0.1, -0.05) is 12.1 Å². The first-order valence-corrected chi connectivity index (χ1v) is 12.9. The zero-order valence-corrected chi connectivity index (χ0v) is 19.4.